The molecule has 0 aromatic heterocycles. The van der Waals surface area contributed by atoms with Crippen LogP contribution in [0.25, 0.3) is 0 Å². The van der Waals surface area contributed by atoms with Gasteiger partial charge in [-0.25, -0.2) is 13.2 Å². The van der Waals surface area contributed by atoms with Crippen molar-refractivity contribution in [3.63, 3.8) is 0 Å². The summed E-state index contributed by atoms with van der Waals surface area (Å²) in [5.41, 5.74) is 0.0390. The summed E-state index contributed by atoms with van der Waals surface area (Å²) in [4.78, 5) is 14.2. The first-order chi connectivity index (χ1) is 9.83. The van der Waals surface area contributed by atoms with Crippen LogP contribution in [0.2, 0.25) is 0 Å². The smallest absolute Gasteiger partial charge is 0.315 e. The van der Waals surface area contributed by atoms with Gasteiger partial charge in [-0.3, -0.25) is 0 Å². The maximum atomic E-state index is 12.0. The second kappa shape index (κ2) is 6.52. The Balaban J connectivity index is 1.82. The number of carbonyl (C=O) groups is 1. The number of carbonyl (C=O) groups excluding carboxylic acids is 1. The standard InChI is InChI=1S/C14H27N3O3S/c1-17(2)14(7-4-3-5-8-14)11-15-13(18)16-12-6-9-21(19,20)10-12/h12H,3-11H2,1-2H3,(H2,15,16,18). The van der Waals surface area contributed by atoms with Gasteiger partial charge < -0.3 is 15.5 Å². The number of nitrogens with zero attached hydrogens (tertiary/aromatic N) is 1. The summed E-state index contributed by atoms with van der Waals surface area (Å²) >= 11 is 0. The van der Waals surface area contributed by atoms with Crippen LogP contribution in [0.1, 0.15) is 38.5 Å². The molecule has 21 heavy (non-hydrogen) atoms. The van der Waals surface area contributed by atoms with E-state index in [1.807, 2.05) is 0 Å². The first kappa shape index (κ1) is 16.5. The quantitative estimate of drug-likeness (QED) is 0.801. The zero-order chi connectivity index (χ0) is 15.5. The molecule has 1 saturated carbocycles. The zero-order valence-electron chi connectivity index (χ0n) is 13.0. The van der Waals surface area contributed by atoms with Crippen LogP contribution in [0.5, 0.6) is 0 Å². The van der Waals surface area contributed by atoms with Crippen LogP contribution >= 0.6 is 0 Å². The van der Waals surface area contributed by atoms with Gasteiger partial charge in [-0.15, -0.1) is 0 Å². The van der Waals surface area contributed by atoms with Crippen LogP contribution in [-0.4, -0.2) is 63.1 Å². The molecule has 2 N–H and O–H groups in total. The summed E-state index contributed by atoms with van der Waals surface area (Å²) in [5.74, 6) is 0.249. The van der Waals surface area contributed by atoms with Crippen LogP contribution in [0.3, 0.4) is 0 Å². The van der Waals surface area contributed by atoms with Crippen LogP contribution in [0.4, 0.5) is 4.79 Å². The summed E-state index contributed by atoms with van der Waals surface area (Å²) in [6.45, 7) is 0.616. The molecule has 1 aliphatic heterocycles. The van der Waals surface area contributed by atoms with E-state index in [4.69, 9.17) is 0 Å². The summed E-state index contributed by atoms with van der Waals surface area (Å²) < 4.78 is 22.8. The molecule has 0 radical (unpaired) electrons. The Morgan fingerprint density at radius 3 is 2.43 bits per heavy atom. The Labute approximate surface area is 127 Å². The van der Waals surface area contributed by atoms with Crippen LogP contribution in [0, 0.1) is 0 Å². The van der Waals surface area contributed by atoms with E-state index in [0.717, 1.165) is 12.8 Å². The highest BCUT2D eigenvalue weighted by molar-refractivity contribution is 7.91. The summed E-state index contributed by atoms with van der Waals surface area (Å²) in [6.07, 6.45) is 6.37. The van der Waals surface area contributed by atoms with Crippen molar-refractivity contribution in [2.75, 3.05) is 32.1 Å². The predicted octanol–water partition coefficient (Wildman–Crippen LogP) is 0.737. The molecule has 1 unspecified atom stereocenters. The lowest BCUT2D eigenvalue weighted by atomic mass is 9.80. The van der Waals surface area contributed by atoms with Gasteiger partial charge in [0.15, 0.2) is 9.84 Å². The molecule has 2 fully saturated rings. The van der Waals surface area contributed by atoms with Crippen molar-refractivity contribution in [2.45, 2.75) is 50.1 Å². The maximum Gasteiger partial charge on any atom is 0.315 e. The monoisotopic (exact) mass is 317 g/mol. The molecule has 0 bridgehead atoms. The van der Waals surface area contributed by atoms with E-state index in [0.29, 0.717) is 13.0 Å². The van der Waals surface area contributed by atoms with Gasteiger partial charge in [0, 0.05) is 18.1 Å². The summed E-state index contributed by atoms with van der Waals surface area (Å²) in [5, 5.41) is 5.72. The fourth-order valence-corrected chi connectivity index (χ4v) is 5.06. The van der Waals surface area contributed by atoms with Crippen molar-refractivity contribution in [1.29, 1.82) is 0 Å². The van der Waals surface area contributed by atoms with E-state index in [1.54, 1.807) is 0 Å². The second-order valence-electron chi connectivity index (χ2n) is 6.61. The normalized spacial score (nSPS) is 27.5. The highest BCUT2D eigenvalue weighted by Gasteiger charge is 2.35. The fraction of sp³-hybridized carbons (Fsp3) is 0.929. The molecule has 2 rings (SSSR count). The predicted molar refractivity (Wildman–Crippen MR) is 83.1 cm³/mol. The maximum absolute atomic E-state index is 12.0. The molecule has 1 saturated heterocycles. The van der Waals surface area contributed by atoms with Gasteiger partial charge >= 0.3 is 6.03 Å². The van der Waals surface area contributed by atoms with Gasteiger partial charge in [-0.2, -0.15) is 0 Å². The van der Waals surface area contributed by atoms with Gasteiger partial charge in [0.2, 0.25) is 0 Å². The van der Waals surface area contributed by atoms with E-state index in [1.165, 1.54) is 19.3 Å². The molecular formula is C14H27N3O3S. The average Bonchev–Trinajstić information content (AvgIpc) is 2.76. The molecule has 1 aliphatic carbocycles. The average molecular weight is 317 g/mol. The number of rotatable bonds is 4. The molecule has 6 nitrogen and oxygen atoms in total. The minimum Gasteiger partial charge on any atom is -0.336 e. The largest absolute Gasteiger partial charge is 0.336 e. The van der Waals surface area contributed by atoms with E-state index in [-0.39, 0.29) is 29.1 Å². The third-order valence-electron chi connectivity index (χ3n) is 4.88. The van der Waals surface area contributed by atoms with Gasteiger partial charge in [-0.1, -0.05) is 19.3 Å². The number of likely N-dealkylation sites (N-methyl/N-ethyl adjacent to an activating group) is 1. The third-order valence-corrected chi connectivity index (χ3v) is 6.65. The molecule has 2 aliphatic rings. The molecule has 1 heterocycles. The minimum atomic E-state index is -2.95. The van der Waals surface area contributed by atoms with Crippen molar-refractivity contribution < 1.29 is 13.2 Å². The van der Waals surface area contributed by atoms with Gasteiger partial charge in [0.25, 0.3) is 0 Å². The molecule has 7 heteroatoms. The molecule has 0 aromatic carbocycles. The Bertz CT molecular complexity index is 470. The lowest BCUT2D eigenvalue weighted by molar-refractivity contribution is 0.101. The van der Waals surface area contributed by atoms with Crippen molar-refractivity contribution in [3.8, 4) is 0 Å². The van der Waals surface area contributed by atoms with E-state index in [2.05, 4.69) is 29.6 Å². The fourth-order valence-electron chi connectivity index (χ4n) is 3.38. The number of hydrogen-bond donors (Lipinski definition) is 2. The molecule has 0 aromatic rings. The number of urea groups is 1. The lowest BCUT2D eigenvalue weighted by Crippen LogP contribution is -2.55. The Morgan fingerprint density at radius 1 is 1.24 bits per heavy atom. The number of amides is 2. The van der Waals surface area contributed by atoms with Crippen molar-refractivity contribution in [2.24, 2.45) is 0 Å². The summed E-state index contributed by atoms with van der Waals surface area (Å²) in [7, 11) is 1.18. The number of nitrogens with one attached hydrogen (secondary N) is 2. The molecular weight excluding hydrogens is 290 g/mol. The van der Waals surface area contributed by atoms with Crippen LogP contribution < -0.4 is 10.6 Å². The van der Waals surface area contributed by atoms with E-state index in [9.17, 15) is 13.2 Å². The third kappa shape index (κ3) is 4.32. The molecule has 1 atom stereocenters. The Hall–Kier alpha value is -0.820. The van der Waals surface area contributed by atoms with Crippen LogP contribution in [0.15, 0.2) is 0 Å². The number of hydrogen-bond acceptors (Lipinski definition) is 4. The first-order valence-corrected chi connectivity index (χ1v) is 9.57. The van der Waals surface area contributed by atoms with E-state index >= 15 is 0 Å². The summed E-state index contributed by atoms with van der Waals surface area (Å²) in [6, 6.07) is -0.486. The Kier molecular flexibility index (Phi) is 5.14. The van der Waals surface area contributed by atoms with E-state index < -0.39 is 9.84 Å². The van der Waals surface area contributed by atoms with Gasteiger partial charge in [-0.05, 0) is 33.4 Å². The van der Waals surface area contributed by atoms with Crippen LogP contribution in [-0.2, 0) is 9.84 Å². The second-order valence-corrected chi connectivity index (χ2v) is 8.84. The zero-order valence-corrected chi connectivity index (χ0v) is 13.8. The molecule has 122 valence electrons. The molecule has 2 amide bonds. The first-order valence-electron chi connectivity index (χ1n) is 7.75. The van der Waals surface area contributed by atoms with Crippen molar-refractivity contribution in [1.82, 2.24) is 15.5 Å². The highest BCUT2D eigenvalue weighted by atomic mass is 32.2. The highest BCUT2D eigenvalue weighted by Crippen LogP contribution is 2.31. The Morgan fingerprint density at radius 2 is 1.90 bits per heavy atom. The SMILES string of the molecule is CN(C)C1(CNC(=O)NC2CCS(=O)(=O)C2)CCCCC1. The lowest BCUT2D eigenvalue weighted by Gasteiger charge is -2.43. The van der Waals surface area contributed by atoms with Crippen molar-refractivity contribution >= 4 is 15.9 Å². The minimum absolute atomic E-state index is 0.0390. The topological polar surface area (TPSA) is 78.5 Å². The van der Waals surface area contributed by atoms with Gasteiger partial charge in [0.1, 0.15) is 0 Å². The number of sulfone groups is 1. The molecule has 0 spiro atoms. The van der Waals surface area contributed by atoms with Gasteiger partial charge in [0.05, 0.1) is 11.5 Å². The van der Waals surface area contributed by atoms with Crippen molar-refractivity contribution in [3.05, 3.63) is 0 Å².